The molecule has 34 heavy (non-hydrogen) atoms. The molecule has 0 heterocycles. The van der Waals surface area contributed by atoms with Crippen molar-refractivity contribution in [1.82, 2.24) is 0 Å². The summed E-state index contributed by atoms with van der Waals surface area (Å²) in [6, 6.07) is 9.45. The molecule has 0 saturated carbocycles. The molecule has 0 radical (unpaired) electrons. The molecule has 0 aromatic heterocycles. The molecule has 2 aliphatic carbocycles. The summed E-state index contributed by atoms with van der Waals surface area (Å²) in [7, 11) is 0. The normalized spacial score (nSPS) is 19.0. The average molecular weight is 595 g/mol. The maximum atomic E-state index is 2.80. The van der Waals surface area contributed by atoms with Crippen LogP contribution in [0.25, 0.3) is 12.2 Å². The first kappa shape index (κ1) is 29.8. The number of benzene rings is 2. The Hall–Kier alpha value is -0.400. The molecule has 4 heteroatoms. The molecule has 0 nitrogen and oxygen atoms in total. The van der Waals surface area contributed by atoms with Gasteiger partial charge in [-0.15, -0.1) is 24.8 Å². The fourth-order valence-corrected chi connectivity index (χ4v) is 27.1. The molecule has 0 spiro atoms. The Morgan fingerprint density at radius 1 is 0.647 bits per heavy atom. The van der Waals surface area contributed by atoms with Gasteiger partial charge in [0.15, 0.2) is 0 Å². The maximum absolute atomic E-state index is 3.43. The van der Waals surface area contributed by atoms with Crippen LogP contribution in [0, 0.1) is 27.7 Å². The van der Waals surface area contributed by atoms with Gasteiger partial charge in [-0.1, -0.05) is 0 Å². The van der Waals surface area contributed by atoms with Gasteiger partial charge in [0.25, 0.3) is 0 Å². The van der Waals surface area contributed by atoms with Crippen LogP contribution in [0.1, 0.15) is 91.3 Å². The Balaban J connectivity index is 0.00000204. The van der Waals surface area contributed by atoms with E-state index in [9.17, 15) is 0 Å². The standard InChI is InChI=1S/2C14H17.2CH3.2ClH.H2Si.Zr/c2*1-4-5-12-8-13-10(2)6-7-11(3)14(13)9-12;;;;;;/h2*6-9H,4-5H2,1-3H3;2*1H3;2*1H;1H2;. The van der Waals surface area contributed by atoms with Crippen molar-refractivity contribution >= 4 is 43.8 Å². The minimum atomic E-state index is -3.43. The van der Waals surface area contributed by atoms with Gasteiger partial charge in [-0.25, -0.2) is 0 Å². The summed E-state index contributed by atoms with van der Waals surface area (Å²) in [5.74, 6) is 0. The minimum absolute atomic E-state index is 0. The van der Waals surface area contributed by atoms with Crippen LogP contribution in [-0.4, -0.2) is 6.88 Å². The molecule has 2 aromatic rings. The van der Waals surface area contributed by atoms with E-state index in [4.69, 9.17) is 0 Å². The van der Waals surface area contributed by atoms with Crippen molar-refractivity contribution in [3.05, 3.63) is 79.9 Å². The molecule has 0 fully saturated rings. The van der Waals surface area contributed by atoms with Gasteiger partial charge in [0.05, 0.1) is 0 Å². The van der Waals surface area contributed by atoms with Crippen molar-refractivity contribution in [1.29, 1.82) is 0 Å². The van der Waals surface area contributed by atoms with Gasteiger partial charge in [0.1, 0.15) is 0 Å². The maximum Gasteiger partial charge on any atom is -0.147 e. The smallest absolute Gasteiger partial charge is 0.147 e. The zero-order valence-electron chi connectivity index (χ0n) is 22.5. The van der Waals surface area contributed by atoms with E-state index >= 15 is 0 Å². The number of fused-ring (bicyclic) bond motifs is 2. The molecular weight excluding hydrogens is 551 g/mol. The molecule has 2 unspecified atom stereocenters. The number of aryl methyl sites for hydroxylation is 4. The van der Waals surface area contributed by atoms with Crippen LogP contribution in [-0.2, 0) is 17.4 Å². The summed E-state index contributed by atoms with van der Waals surface area (Å²) < 4.78 is 6.91. The summed E-state index contributed by atoms with van der Waals surface area (Å²) >= 11 is -3.43. The van der Waals surface area contributed by atoms with Crippen LogP contribution in [0.15, 0.2) is 35.4 Å². The Morgan fingerprint density at radius 3 is 1.29 bits per heavy atom. The number of rotatable bonds is 6. The zero-order valence-corrected chi connectivity index (χ0v) is 28.0. The predicted octanol–water partition coefficient (Wildman–Crippen LogP) is 9.27. The molecular formula is C30H44Cl2SiZr. The summed E-state index contributed by atoms with van der Waals surface area (Å²) in [5.41, 5.74) is 15.9. The Labute approximate surface area is 223 Å². The predicted molar refractivity (Wildman–Crippen MR) is 158 cm³/mol. The average Bonchev–Trinajstić information content (AvgIpc) is 3.30. The van der Waals surface area contributed by atoms with Crippen molar-refractivity contribution in [3.63, 3.8) is 0 Å². The molecule has 186 valence electrons. The molecule has 0 N–H and O–H groups in total. The molecule has 0 bridgehead atoms. The molecule has 4 rings (SSSR count). The molecule has 0 amide bonds. The topological polar surface area (TPSA) is 0 Å². The second-order valence-corrected chi connectivity index (χ2v) is 42.3. The van der Waals surface area contributed by atoms with E-state index in [2.05, 4.69) is 94.1 Å². The molecule has 2 aliphatic rings. The van der Waals surface area contributed by atoms with Crippen molar-refractivity contribution in [2.24, 2.45) is 0 Å². The first-order valence-corrected chi connectivity index (χ1v) is 26.4. The van der Waals surface area contributed by atoms with Gasteiger partial charge in [-0.3, -0.25) is 0 Å². The van der Waals surface area contributed by atoms with E-state index in [1.807, 2.05) is 0 Å². The number of hydrogen-bond donors (Lipinski definition) is 0. The van der Waals surface area contributed by atoms with E-state index < -0.39 is 17.4 Å². The Bertz CT molecular complexity index is 1140. The van der Waals surface area contributed by atoms with Gasteiger partial charge < -0.3 is 0 Å². The SMILES string of the molecule is CCCC1=Cc2c(C)ccc(C)c2[CH]1[Zr]([CH3])([CH3])(=[SiH2])[CH]1C(CCC)=Cc2c(C)ccc(C)c21.Cl.Cl. The summed E-state index contributed by atoms with van der Waals surface area (Å²) in [6.45, 7) is 16.6. The molecule has 0 aliphatic heterocycles. The van der Waals surface area contributed by atoms with Crippen LogP contribution in [0.5, 0.6) is 0 Å². The second kappa shape index (κ2) is 10.5. The van der Waals surface area contributed by atoms with Crippen molar-refractivity contribution < 1.29 is 17.4 Å². The molecule has 0 saturated heterocycles. The zero-order chi connectivity index (χ0) is 23.4. The van der Waals surface area contributed by atoms with Crippen molar-refractivity contribution in [3.8, 4) is 0 Å². The van der Waals surface area contributed by atoms with Crippen LogP contribution >= 0.6 is 24.8 Å². The number of halogens is 2. The fraction of sp³-hybridized carbons (Fsp3) is 0.467. The van der Waals surface area contributed by atoms with Crippen LogP contribution in [0.2, 0.25) is 9.26 Å². The Morgan fingerprint density at radius 2 is 0.971 bits per heavy atom. The first-order valence-electron chi connectivity index (χ1n) is 12.7. The summed E-state index contributed by atoms with van der Waals surface area (Å²) in [5, 5.41) is 0. The number of hydrogen-bond acceptors (Lipinski definition) is 0. The van der Waals surface area contributed by atoms with Crippen molar-refractivity contribution in [2.75, 3.05) is 0 Å². The van der Waals surface area contributed by atoms with E-state index in [0.29, 0.717) is 7.25 Å². The van der Waals surface area contributed by atoms with E-state index in [1.54, 1.807) is 33.4 Å². The first-order chi connectivity index (χ1) is 15.0. The fourth-order valence-electron chi connectivity index (χ4n) is 7.11. The minimum Gasteiger partial charge on any atom is -0.147 e. The molecule has 2 atom stereocenters. The van der Waals surface area contributed by atoms with E-state index in [-0.39, 0.29) is 24.8 Å². The van der Waals surface area contributed by atoms with Crippen LogP contribution in [0.3, 0.4) is 0 Å². The van der Waals surface area contributed by atoms with Gasteiger partial charge in [-0.05, 0) is 0 Å². The van der Waals surface area contributed by atoms with E-state index in [0.717, 1.165) is 0 Å². The van der Waals surface area contributed by atoms with Crippen LogP contribution < -0.4 is 0 Å². The Kier molecular flexibility index (Phi) is 9.24. The third-order valence-electron chi connectivity index (χ3n) is 8.40. The third kappa shape index (κ3) is 4.67. The summed E-state index contributed by atoms with van der Waals surface area (Å²) in [4.78, 5) is 0. The largest absolute Gasteiger partial charge is 0.147 e. The van der Waals surface area contributed by atoms with Gasteiger partial charge in [0, 0.05) is 0 Å². The summed E-state index contributed by atoms with van der Waals surface area (Å²) in [6.07, 6.45) is 10.2. The number of allylic oxidation sites excluding steroid dienone is 2. The van der Waals surface area contributed by atoms with Crippen LogP contribution in [0.4, 0.5) is 0 Å². The third-order valence-corrected chi connectivity index (χ3v) is 25.8. The molecule has 2 aromatic carbocycles. The monoisotopic (exact) mass is 592 g/mol. The second-order valence-electron chi connectivity index (χ2n) is 11.8. The van der Waals surface area contributed by atoms with Gasteiger partial charge >= 0.3 is 200 Å². The van der Waals surface area contributed by atoms with Gasteiger partial charge in [-0.2, -0.15) is 0 Å². The van der Waals surface area contributed by atoms with Gasteiger partial charge in [0.2, 0.25) is 0 Å². The van der Waals surface area contributed by atoms with E-state index in [1.165, 1.54) is 47.9 Å². The quantitative estimate of drug-likeness (QED) is 0.293. The van der Waals surface area contributed by atoms with Crippen molar-refractivity contribution in [2.45, 2.75) is 83.7 Å².